The van der Waals surface area contributed by atoms with Crippen molar-refractivity contribution in [2.45, 2.75) is 38.2 Å². The molecule has 0 aliphatic carbocycles. The van der Waals surface area contributed by atoms with Gasteiger partial charge in [0.15, 0.2) is 9.84 Å². The van der Waals surface area contributed by atoms with Crippen LogP contribution in [0, 0.1) is 0 Å². The second-order valence-electron chi connectivity index (χ2n) is 5.64. The molecule has 0 saturated carbocycles. The number of benzene rings is 1. The van der Waals surface area contributed by atoms with Gasteiger partial charge in [-0.15, -0.1) is 0 Å². The molecular weight excluding hydrogens is 248 g/mol. The van der Waals surface area contributed by atoms with E-state index in [0.717, 1.165) is 5.56 Å². The summed E-state index contributed by atoms with van der Waals surface area (Å²) >= 11 is 0. The first kappa shape index (κ1) is 13.6. The van der Waals surface area contributed by atoms with Crippen molar-refractivity contribution in [3.8, 4) is 0 Å². The van der Waals surface area contributed by atoms with Crippen molar-refractivity contribution < 1.29 is 13.5 Å². The predicted molar refractivity (Wildman–Crippen MR) is 72.5 cm³/mol. The van der Waals surface area contributed by atoms with E-state index in [1.165, 1.54) is 5.56 Å². The summed E-state index contributed by atoms with van der Waals surface area (Å²) in [5, 5.41) is 10.3. The average Bonchev–Trinajstić information content (AvgIpc) is 2.53. The summed E-state index contributed by atoms with van der Waals surface area (Å²) < 4.78 is 22.8. The monoisotopic (exact) mass is 268 g/mol. The van der Waals surface area contributed by atoms with E-state index in [0.29, 0.717) is 18.8 Å². The number of rotatable bonds is 3. The molecule has 1 aliphatic rings. The highest BCUT2D eigenvalue weighted by Gasteiger charge is 2.40. The summed E-state index contributed by atoms with van der Waals surface area (Å²) in [6.45, 7) is 4.26. The van der Waals surface area contributed by atoms with E-state index in [-0.39, 0.29) is 11.5 Å². The van der Waals surface area contributed by atoms with Gasteiger partial charge in [0.2, 0.25) is 0 Å². The third-order valence-electron chi connectivity index (χ3n) is 3.55. The summed E-state index contributed by atoms with van der Waals surface area (Å²) in [7, 11) is -3.05. The standard InChI is InChI=1S/C14H20O3S/c1-11(2)13-5-3-12(4-6-13)9-14(15)7-8-18(16,17)10-14/h3-6,11,15H,7-10H2,1-2H3. The van der Waals surface area contributed by atoms with E-state index in [4.69, 9.17) is 0 Å². The fraction of sp³-hybridized carbons (Fsp3) is 0.571. The molecule has 4 heteroatoms. The Labute approximate surface area is 109 Å². The third kappa shape index (κ3) is 3.12. The molecular formula is C14H20O3S. The van der Waals surface area contributed by atoms with Gasteiger partial charge in [-0.3, -0.25) is 0 Å². The molecule has 1 heterocycles. The lowest BCUT2D eigenvalue weighted by molar-refractivity contribution is 0.0682. The topological polar surface area (TPSA) is 54.4 Å². The number of hydrogen-bond acceptors (Lipinski definition) is 3. The molecule has 1 fully saturated rings. The van der Waals surface area contributed by atoms with Crippen LogP contribution in [0.2, 0.25) is 0 Å². The Morgan fingerprint density at radius 1 is 1.28 bits per heavy atom. The first-order chi connectivity index (χ1) is 8.30. The van der Waals surface area contributed by atoms with Crippen LogP contribution in [0.25, 0.3) is 0 Å². The molecule has 1 aromatic carbocycles. The van der Waals surface area contributed by atoms with Crippen molar-refractivity contribution in [2.24, 2.45) is 0 Å². The number of hydrogen-bond donors (Lipinski definition) is 1. The molecule has 3 nitrogen and oxygen atoms in total. The lowest BCUT2D eigenvalue weighted by Gasteiger charge is -2.20. The molecule has 100 valence electrons. The summed E-state index contributed by atoms with van der Waals surface area (Å²) in [6, 6.07) is 8.07. The summed E-state index contributed by atoms with van der Waals surface area (Å²) in [5.74, 6) is 0.480. The third-order valence-corrected chi connectivity index (χ3v) is 5.35. The molecule has 0 aromatic heterocycles. The molecule has 1 saturated heterocycles. The quantitative estimate of drug-likeness (QED) is 0.911. The summed E-state index contributed by atoms with van der Waals surface area (Å²) in [4.78, 5) is 0. The molecule has 18 heavy (non-hydrogen) atoms. The lowest BCUT2D eigenvalue weighted by Crippen LogP contribution is -2.32. The number of sulfone groups is 1. The van der Waals surface area contributed by atoms with Gasteiger partial charge in [0.05, 0.1) is 17.1 Å². The van der Waals surface area contributed by atoms with Crippen LogP contribution in [0.5, 0.6) is 0 Å². The van der Waals surface area contributed by atoms with E-state index in [2.05, 4.69) is 13.8 Å². The Morgan fingerprint density at radius 3 is 2.33 bits per heavy atom. The highest BCUT2D eigenvalue weighted by Crippen LogP contribution is 2.27. The first-order valence-corrected chi connectivity index (χ1v) is 8.13. The first-order valence-electron chi connectivity index (χ1n) is 6.31. The van der Waals surface area contributed by atoms with Gasteiger partial charge >= 0.3 is 0 Å². The molecule has 1 atom stereocenters. The molecule has 1 unspecified atom stereocenters. The second kappa shape index (κ2) is 4.67. The van der Waals surface area contributed by atoms with Crippen LogP contribution in [-0.2, 0) is 16.3 Å². The summed E-state index contributed by atoms with van der Waals surface area (Å²) in [6.07, 6.45) is 0.770. The van der Waals surface area contributed by atoms with Gasteiger partial charge in [-0.1, -0.05) is 38.1 Å². The van der Waals surface area contributed by atoms with Crippen LogP contribution in [-0.4, -0.2) is 30.6 Å². The Kier molecular flexibility index (Phi) is 3.52. The van der Waals surface area contributed by atoms with Crippen molar-refractivity contribution >= 4 is 9.84 Å². The Hall–Kier alpha value is -0.870. The van der Waals surface area contributed by atoms with Crippen LogP contribution in [0.1, 0.15) is 37.3 Å². The van der Waals surface area contributed by atoms with Crippen LogP contribution in [0.4, 0.5) is 0 Å². The summed E-state index contributed by atoms with van der Waals surface area (Å²) in [5.41, 5.74) is 1.18. The van der Waals surface area contributed by atoms with Gasteiger partial charge in [0.25, 0.3) is 0 Å². The fourth-order valence-electron chi connectivity index (χ4n) is 2.44. The largest absolute Gasteiger partial charge is 0.388 e. The van der Waals surface area contributed by atoms with Crippen molar-refractivity contribution in [1.82, 2.24) is 0 Å². The molecule has 0 amide bonds. The maximum absolute atomic E-state index is 11.4. The van der Waals surface area contributed by atoms with Gasteiger partial charge in [0.1, 0.15) is 0 Å². The van der Waals surface area contributed by atoms with E-state index in [1.54, 1.807) is 0 Å². The zero-order chi connectivity index (χ0) is 13.4. The van der Waals surface area contributed by atoms with Crippen molar-refractivity contribution in [1.29, 1.82) is 0 Å². The highest BCUT2D eigenvalue weighted by molar-refractivity contribution is 7.91. The SMILES string of the molecule is CC(C)c1ccc(CC2(O)CCS(=O)(=O)C2)cc1. The van der Waals surface area contributed by atoms with E-state index in [1.807, 2.05) is 24.3 Å². The van der Waals surface area contributed by atoms with Gasteiger partial charge in [0, 0.05) is 6.42 Å². The molecule has 1 N–H and O–H groups in total. The Balaban J connectivity index is 2.10. The smallest absolute Gasteiger partial charge is 0.153 e. The Bertz CT molecular complexity index is 516. The van der Waals surface area contributed by atoms with E-state index < -0.39 is 15.4 Å². The zero-order valence-electron chi connectivity index (χ0n) is 10.9. The van der Waals surface area contributed by atoms with Gasteiger partial charge in [-0.2, -0.15) is 0 Å². The second-order valence-corrected chi connectivity index (χ2v) is 7.82. The minimum absolute atomic E-state index is 0.105. The van der Waals surface area contributed by atoms with Crippen molar-refractivity contribution in [3.05, 3.63) is 35.4 Å². The van der Waals surface area contributed by atoms with Gasteiger partial charge in [-0.05, 0) is 23.5 Å². The maximum atomic E-state index is 11.4. The molecule has 1 aliphatic heterocycles. The minimum atomic E-state index is -3.05. The van der Waals surface area contributed by atoms with Crippen LogP contribution >= 0.6 is 0 Å². The molecule has 1 aromatic rings. The van der Waals surface area contributed by atoms with Crippen LogP contribution in [0.3, 0.4) is 0 Å². The molecule has 0 spiro atoms. The van der Waals surface area contributed by atoms with E-state index in [9.17, 15) is 13.5 Å². The number of aliphatic hydroxyl groups is 1. The van der Waals surface area contributed by atoms with Crippen LogP contribution in [0.15, 0.2) is 24.3 Å². The van der Waals surface area contributed by atoms with Crippen molar-refractivity contribution in [3.63, 3.8) is 0 Å². The normalized spacial score (nSPS) is 26.7. The van der Waals surface area contributed by atoms with Gasteiger partial charge < -0.3 is 5.11 Å². The zero-order valence-corrected chi connectivity index (χ0v) is 11.7. The Morgan fingerprint density at radius 2 is 1.89 bits per heavy atom. The predicted octanol–water partition coefficient (Wildman–Crippen LogP) is 1.90. The highest BCUT2D eigenvalue weighted by atomic mass is 32.2. The molecule has 0 radical (unpaired) electrons. The van der Waals surface area contributed by atoms with Gasteiger partial charge in [-0.25, -0.2) is 8.42 Å². The van der Waals surface area contributed by atoms with Crippen LogP contribution < -0.4 is 0 Å². The molecule has 0 bridgehead atoms. The fourth-order valence-corrected chi connectivity index (χ4v) is 4.34. The minimum Gasteiger partial charge on any atom is -0.388 e. The average molecular weight is 268 g/mol. The van der Waals surface area contributed by atoms with E-state index >= 15 is 0 Å². The van der Waals surface area contributed by atoms with Crippen molar-refractivity contribution in [2.75, 3.05) is 11.5 Å². The molecule has 2 rings (SSSR count). The maximum Gasteiger partial charge on any atom is 0.153 e. The lowest BCUT2D eigenvalue weighted by atomic mass is 9.92.